The van der Waals surface area contributed by atoms with E-state index in [9.17, 15) is 0 Å². The van der Waals surface area contributed by atoms with Crippen LogP contribution < -0.4 is 10.1 Å². The number of hydrogen-bond acceptors (Lipinski definition) is 3. The van der Waals surface area contributed by atoms with Crippen LogP contribution in [0.25, 0.3) is 0 Å². The smallest absolute Gasteiger partial charge is 0.123 e. The second-order valence-corrected chi connectivity index (χ2v) is 6.60. The number of unbranched alkanes of at least 4 members (excludes halogenated alkanes) is 1. The van der Waals surface area contributed by atoms with E-state index in [1.807, 2.05) is 0 Å². The molecule has 0 aliphatic carbocycles. The molecular formula is C19H34Cl2N2O. The van der Waals surface area contributed by atoms with Crippen LogP contribution in [0.2, 0.25) is 0 Å². The summed E-state index contributed by atoms with van der Waals surface area (Å²) in [5, 5.41) is 3.46. The van der Waals surface area contributed by atoms with Gasteiger partial charge >= 0.3 is 0 Å². The molecule has 1 aliphatic rings. The second kappa shape index (κ2) is 12.0. The first-order valence-electron chi connectivity index (χ1n) is 8.80. The minimum atomic E-state index is 0. The normalized spacial score (nSPS) is 16.2. The van der Waals surface area contributed by atoms with Crippen molar-refractivity contribution in [2.75, 3.05) is 33.3 Å². The Hall–Kier alpha value is -0.480. The molecule has 0 radical (unpaired) electrons. The molecule has 0 saturated carbocycles. The van der Waals surface area contributed by atoms with Crippen molar-refractivity contribution in [3.05, 3.63) is 29.3 Å². The fraction of sp³-hybridized carbons (Fsp3) is 0.684. The van der Waals surface area contributed by atoms with E-state index in [4.69, 9.17) is 4.74 Å². The standard InChI is InChI=1S/C19H32N2O.2ClH/c1-5-6-7-18(21-12-10-20-11-13-21)17-14-16(15(2)3)8-9-19(17)22-4;;/h8-9,14-15,18,20H,5-7,10-13H2,1-4H3;2*1H/t18-;;/m0../s1. The van der Waals surface area contributed by atoms with Crippen molar-refractivity contribution in [1.29, 1.82) is 0 Å². The zero-order valence-electron chi connectivity index (χ0n) is 15.5. The maximum absolute atomic E-state index is 5.69. The van der Waals surface area contributed by atoms with Crippen LogP contribution in [-0.2, 0) is 0 Å². The van der Waals surface area contributed by atoms with Gasteiger partial charge in [0.2, 0.25) is 0 Å². The lowest BCUT2D eigenvalue weighted by Gasteiger charge is -2.36. The van der Waals surface area contributed by atoms with Gasteiger partial charge in [-0.05, 0) is 24.0 Å². The summed E-state index contributed by atoms with van der Waals surface area (Å²) < 4.78 is 5.69. The number of piperazine rings is 1. The highest BCUT2D eigenvalue weighted by Crippen LogP contribution is 2.35. The molecular weight excluding hydrogens is 343 g/mol. The van der Waals surface area contributed by atoms with E-state index in [1.165, 1.54) is 30.4 Å². The summed E-state index contributed by atoms with van der Waals surface area (Å²) in [7, 11) is 1.79. The van der Waals surface area contributed by atoms with Gasteiger partial charge in [-0.15, -0.1) is 24.8 Å². The third-order valence-corrected chi connectivity index (χ3v) is 4.70. The van der Waals surface area contributed by atoms with Gasteiger partial charge < -0.3 is 10.1 Å². The van der Waals surface area contributed by atoms with Gasteiger partial charge in [-0.25, -0.2) is 0 Å². The molecule has 3 nitrogen and oxygen atoms in total. The summed E-state index contributed by atoms with van der Waals surface area (Å²) >= 11 is 0. The molecule has 1 N–H and O–H groups in total. The average molecular weight is 377 g/mol. The Morgan fingerprint density at radius 1 is 1.17 bits per heavy atom. The minimum absolute atomic E-state index is 0. The summed E-state index contributed by atoms with van der Waals surface area (Å²) in [6, 6.07) is 7.23. The van der Waals surface area contributed by atoms with Crippen molar-refractivity contribution in [2.45, 2.75) is 52.0 Å². The van der Waals surface area contributed by atoms with Crippen LogP contribution >= 0.6 is 24.8 Å². The van der Waals surface area contributed by atoms with Crippen molar-refractivity contribution in [3.63, 3.8) is 0 Å². The van der Waals surface area contributed by atoms with Crippen molar-refractivity contribution >= 4 is 24.8 Å². The van der Waals surface area contributed by atoms with Gasteiger partial charge in [-0.3, -0.25) is 4.90 Å². The van der Waals surface area contributed by atoms with Crippen LogP contribution in [0.15, 0.2) is 18.2 Å². The lowest BCUT2D eigenvalue weighted by Crippen LogP contribution is -2.45. The van der Waals surface area contributed by atoms with Gasteiger partial charge in [0, 0.05) is 37.8 Å². The number of nitrogens with zero attached hydrogens (tertiary/aromatic N) is 1. The second-order valence-electron chi connectivity index (χ2n) is 6.60. The average Bonchev–Trinajstić information content (AvgIpc) is 2.56. The van der Waals surface area contributed by atoms with Gasteiger partial charge in [0.05, 0.1) is 7.11 Å². The maximum Gasteiger partial charge on any atom is 0.123 e. The van der Waals surface area contributed by atoms with E-state index in [2.05, 4.69) is 49.2 Å². The van der Waals surface area contributed by atoms with Crippen LogP contribution in [0.3, 0.4) is 0 Å². The van der Waals surface area contributed by atoms with E-state index in [0.717, 1.165) is 31.9 Å². The number of nitrogens with one attached hydrogen (secondary N) is 1. The fourth-order valence-corrected chi connectivity index (χ4v) is 3.30. The van der Waals surface area contributed by atoms with E-state index in [0.29, 0.717) is 12.0 Å². The molecule has 0 amide bonds. The first kappa shape index (κ1) is 23.5. The quantitative estimate of drug-likeness (QED) is 0.739. The molecule has 0 aromatic heterocycles. The Labute approximate surface area is 160 Å². The predicted octanol–water partition coefficient (Wildman–Crippen LogP) is 4.80. The summed E-state index contributed by atoms with van der Waals surface area (Å²) in [6.45, 7) is 11.2. The molecule has 1 aromatic rings. The highest BCUT2D eigenvalue weighted by Gasteiger charge is 2.24. The zero-order valence-corrected chi connectivity index (χ0v) is 17.1. The van der Waals surface area contributed by atoms with Crippen molar-refractivity contribution in [2.24, 2.45) is 0 Å². The highest BCUT2D eigenvalue weighted by atomic mass is 35.5. The molecule has 0 spiro atoms. The van der Waals surface area contributed by atoms with Crippen molar-refractivity contribution in [3.8, 4) is 5.75 Å². The maximum atomic E-state index is 5.69. The third-order valence-electron chi connectivity index (χ3n) is 4.70. The molecule has 0 unspecified atom stereocenters. The number of methoxy groups -OCH3 is 1. The topological polar surface area (TPSA) is 24.5 Å². The first-order valence-corrected chi connectivity index (χ1v) is 8.80. The number of hydrogen-bond donors (Lipinski definition) is 1. The predicted molar refractivity (Wildman–Crippen MR) is 108 cm³/mol. The molecule has 1 aromatic carbocycles. The van der Waals surface area contributed by atoms with Gasteiger partial charge in [-0.1, -0.05) is 45.7 Å². The van der Waals surface area contributed by atoms with Gasteiger partial charge in [0.25, 0.3) is 0 Å². The van der Waals surface area contributed by atoms with Crippen LogP contribution in [0.5, 0.6) is 5.75 Å². The molecule has 1 atom stereocenters. The number of benzene rings is 1. The van der Waals surface area contributed by atoms with E-state index >= 15 is 0 Å². The minimum Gasteiger partial charge on any atom is -0.496 e. The molecule has 1 aliphatic heterocycles. The Kier molecular flexibility index (Phi) is 11.7. The van der Waals surface area contributed by atoms with Crippen LogP contribution in [-0.4, -0.2) is 38.2 Å². The van der Waals surface area contributed by atoms with Crippen LogP contribution in [0.1, 0.15) is 63.1 Å². The Bertz CT molecular complexity index is 463. The number of ether oxygens (including phenoxy) is 1. The van der Waals surface area contributed by atoms with Gasteiger partial charge in [0.1, 0.15) is 5.75 Å². The van der Waals surface area contributed by atoms with E-state index in [1.54, 1.807) is 7.11 Å². The molecule has 1 saturated heterocycles. The zero-order chi connectivity index (χ0) is 15.9. The van der Waals surface area contributed by atoms with Gasteiger partial charge in [-0.2, -0.15) is 0 Å². The molecule has 5 heteroatoms. The summed E-state index contributed by atoms with van der Waals surface area (Å²) in [5.74, 6) is 1.60. The van der Waals surface area contributed by atoms with Crippen LogP contribution in [0.4, 0.5) is 0 Å². The lowest BCUT2D eigenvalue weighted by atomic mass is 9.93. The van der Waals surface area contributed by atoms with Crippen molar-refractivity contribution in [1.82, 2.24) is 10.2 Å². The molecule has 0 bridgehead atoms. The fourth-order valence-electron chi connectivity index (χ4n) is 3.30. The summed E-state index contributed by atoms with van der Waals surface area (Å²) in [5.41, 5.74) is 2.79. The Morgan fingerprint density at radius 2 is 1.83 bits per heavy atom. The molecule has 24 heavy (non-hydrogen) atoms. The van der Waals surface area contributed by atoms with Crippen molar-refractivity contribution < 1.29 is 4.74 Å². The van der Waals surface area contributed by atoms with E-state index < -0.39 is 0 Å². The Balaban J connectivity index is 0.00000264. The first-order chi connectivity index (χ1) is 10.7. The Morgan fingerprint density at radius 3 is 2.38 bits per heavy atom. The number of rotatable bonds is 7. The monoisotopic (exact) mass is 376 g/mol. The summed E-state index contributed by atoms with van der Waals surface area (Å²) in [4.78, 5) is 2.63. The largest absolute Gasteiger partial charge is 0.496 e. The van der Waals surface area contributed by atoms with Gasteiger partial charge in [0.15, 0.2) is 0 Å². The third kappa shape index (κ3) is 6.11. The SMILES string of the molecule is CCCC[C@@H](c1cc(C(C)C)ccc1OC)N1CCNCC1.Cl.Cl. The molecule has 2 rings (SSSR count). The molecule has 1 fully saturated rings. The molecule has 1 heterocycles. The van der Waals surface area contributed by atoms with E-state index in [-0.39, 0.29) is 24.8 Å². The number of halogens is 2. The summed E-state index contributed by atoms with van der Waals surface area (Å²) in [6.07, 6.45) is 3.73. The highest BCUT2D eigenvalue weighted by molar-refractivity contribution is 5.85. The lowest BCUT2D eigenvalue weighted by molar-refractivity contribution is 0.160. The molecule has 140 valence electrons. The van der Waals surface area contributed by atoms with Crippen LogP contribution in [0, 0.1) is 0 Å².